The number of hydrogen-bond donors (Lipinski definition) is 0. The lowest BCUT2D eigenvalue weighted by Crippen LogP contribution is -2.18. The third kappa shape index (κ3) is 4.54. The van der Waals surface area contributed by atoms with Crippen LogP contribution in [-0.4, -0.2) is 18.7 Å². The fourth-order valence-electron chi connectivity index (χ4n) is 2.55. The van der Waals surface area contributed by atoms with Crippen molar-refractivity contribution < 1.29 is 23.4 Å². The number of fused-ring (bicyclic) bond motifs is 1. The maximum absolute atomic E-state index is 12.8. The van der Waals surface area contributed by atoms with E-state index in [-0.39, 0.29) is 23.9 Å². The lowest BCUT2D eigenvalue weighted by Gasteiger charge is -2.11. The van der Waals surface area contributed by atoms with Crippen LogP contribution >= 0.6 is 15.9 Å². The summed E-state index contributed by atoms with van der Waals surface area (Å²) in [6.45, 7) is 4.95. The molecule has 0 aliphatic rings. The summed E-state index contributed by atoms with van der Waals surface area (Å²) in [6, 6.07) is 12.0. The van der Waals surface area contributed by atoms with Crippen molar-refractivity contribution in [1.82, 2.24) is 0 Å². The summed E-state index contributed by atoms with van der Waals surface area (Å²) >= 11 is 3.39. The van der Waals surface area contributed by atoms with Gasteiger partial charge in [0.1, 0.15) is 22.8 Å². The Morgan fingerprint density at radius 1 is 1.18 bits per heavy atom. The van der Waals surface area contributed by atoms with Gasteiger partial charge in [0.2, 0.25) is 11.2 Å². The number of para-hydroxylation sites is 1. The SMILES string of the molecule is Cc1oc2cc(OCC(=O)OC(C)C)ccc2c(=O)c1Oc1ccccc1Br. The van der Waals surface area contributed by atoms with Crippen LogP contribution in [0.1, 0.15) is 19.6 Å². The molecule has 28 heavy (non-hydrogen) atoms. The third-order valence-corrected chi connectivity index (χ3v) is 4.41. The van der Waals surface area contributed by atoms with E-state index in [4.69, 9.17) is 18.6 Å². The zero-order valence-electron chi connectivity index (χ0n) is 15.7. The zero-order chi connectivity index (χ0) is 20.3. The first kappa shape index (κ1) is 19.9. The number of carbonyl (C=O) groups is 1. The summed E-state index contributed by atoms with van der Waals surface area (Å²) in [5.74, 6) is 0.902. The van der Waals surface area contributed by atoms with Crippen molar-refractivity contribution in [2.45, 2.75) is 26.9 Å². The Hall–Kier alpha value is -2.80. The van der Waals surface area contributed by atoms with Gasteiger partial charge in [0, 0.05) is 6.07 Å². The number of halogens is 1. The average Bonchev–Trinajstić information content (AvgIpc) is 2.64. The van der Waals surface area contributed by atoms with Crippen molar-refractivity contribution >= 4 is 32.9 Å². The predicted molar refractivity (Wildman–Crippen MR) is 108 cm³/mol. The van der Waals surface area contributed by atoms with Crippen molar-refractivity contribution in [2.75, 3.05) is 6.61 Å². The Balaban J connectivity index is 1.87. The molecule has 0 N–H and O–H groups in total. The van der Waals surface area contributed by atoms with Crippen LogP contribution in [0.3, 0.4) is 0 Å². The minimum atomic E-state index is -0.468. The molecule has 0 radical (unpaired) electrons. The number of benzene rings is 2. The van der Waals surface area contributed by atoms with Gasteiger partial charge >= 0.3 is 5.97 Å². The molecule has 3 aromatic rings. The van der Waals surface area contributed by atoms with E-state index in [1.54, 1.807) is 45.0 Å². The topological polar surface area (TPSA) is 75.0 Å². The maximum Gasteiger partial charge on any atom is 0.344 e. The van der Waals surface area contributed by atoms with Crippen LogP contribution in [0, 0.1) is 6.92 Å². The van der Waals surface area contributed by atoms with Gasteiger partial charge in [0.05, 0.1) is 16.0 Å². The molecule has 0 amide bonds. The first-order valence-corrected chi connectivity index (χ1v) is 9.46. The van der Waals surface area contributed by atoms with Gasteiger partial charge in [-0.25, -0.2) is 4.79 Å². The highest BCUT2D eigenvalue weighted by molar-refractivity contribution is 9.10. The molecule has 7 heteroatoms. The number of hydrogen-bond acceptors (Lipinski definition) is 6. The molecule has 3 rings (SSSR count). The second-order valence-electron chi connectivity index (χ2n) is 6.33. The van der Waals surface area contributed by atoms with Crippen molar-refractivity contribution in [2.24, 2.45) is 0 Å². The van der Waals surface area contributed by atoms with E-state index in [9.17, 15) is 9.59 Å². The first-order valence-electron chi connectivity index (χ1n) is 8.67. The van der Waals surface area contributed by atoms with Crippen molar-refractivity contribution in [1.29, 1.82) is 0 Å². The predicted octanol–water partition coefficient (Wildman–Crippen LogP) is 4.99. The van der Waals surface area contributed by atoms with Gasteiger partial charge in [0.25, 0.3) is 0 Å². The van der Waals surface area contributed by atoms with E-state index in [0.29, 0.717) is 28.2 Å². The smallest absolute Gasteiger partial charge is 0.344 e. The van der Waals surface area contributed by atoms with Gasteiger partial charge in [-0.1, -0.05) is 12.1 Å². The average molecular weight is 447 g/mol. The molecule has 0 spiro atoms. The van der Waals surface area contributed by atoms with E-state index in [0.717, 1.165) is 4.47 Å². The minimum Gasteiger partial charge on any atom is -0.482 e. The van der Waals surface area contributed by atoms with E-state index in [1.807, 2.05) is 18.2 Å². The lowest BCUT2D eigenvalue weighted by molar-refractivity contribution is -0.149. The Bertz CT molecular complexity index is 1070. The summed E-state index contributed by atoms with van der Waals surface area (Å²) in [5, 5.41) is 0.352. The van der Waals surface area contributed by atoms with Crippen LogP contribution in [0.5, 0.6) is 17.2 Å². The Morgan fingerprint density at radius 3 is 2.64 bits per heavy atom. The Kier molecular flexibility index (Phi) is 6.04. The van der Waals surface area contributed by atoms with Crippen molar-refractivity contribution in [3.05, 3.63) is 62.9 Å². The quantitative estimate of drug-likeness (QED) is 0.496. The molecule has 0 unspecified atom stereocenters. The van der Waals surface area contributed by atoms with Crippen molar-refractivity contribution in [3.8, 4) is 17.2 Å². The molecule has 0 aliphatic carbocycles. The minimum absolute atomic E-state index is 0.119. The molecule has 1 aromatic heterocycles. The molecule has 0 aliphatic heterocycles. The summed E-state index contributed by atoms with van der Waals surface area (Å²) in [6.07, 6.45) is -0.212. The van der Waals surface area contributed by atoms with E-state index in [1.165, 1.54) is 0 Å². The van der Waals surface area contributed by atoms with Crippen LogP contribution in [0.2, 0.25) is 0 Å². The van der Waals surface area contributed by atoms with Gasteiger partial charge in [-0.3, -0.25) is 4.79 Å². The third-order valence-electron chi connectivity index (χ3n) is 3.76. The summed E-state index contributed by atoms with van der Waals surface area (Å²) in [7, 11) is 0. The molecule has 0 saturated heterocycles. The van der Waals surface area contributed by atoms with E-state index < -0.39 is 5.97 Å². The molecule has 6 nitrogen and oxygen atoms in total. The molecule has 0 atom stereocenters. The van der Waals surface area contributed by atoms with Gasteiger partial charge in [-0.15, -0.1) is 0 Å². The second kappa shape index (κ2) is 8.48. The zero-order valence-corrected chi connectivity index (χ0v) is 17.2. The summed E-state index contributed by atoms with van der Waals surface area (Å²) in [5.41, 5.74) is 0.0528. The fourth-order valence-corrected chi connectivity index (χ4v) is 2.92. The highest BCUT2D eigenvalue weighted by atomic mass is 79.9. The Labute approximate surface area is 170 Å². The number of aryl methyl sites for hydroxylation is 1. The van der Waals surface area contributed by atoms with Gasteiger partial charge in [-0.05, 0) is 61.0 Å². The van der Waals surface area contributed by atoms with Gasteiger partial charge in [-0.2, -0.15) is 0 Å². The highest BCUT2D eigenvalue weighted by Crippen LogP contribution is 2.31. The number of carbonyl (C=O) groups excluding carboxylic acids is 1. The fraction of sp³-hybridized carbons (Fsp3) is 0.238. The van der Waals surface area contributed by atoms with E-state index in [2.05, 4.69) is 15.9 Å². The highest BCUT2D eigenvalue weighted by Gasteiger charge is 2.16. The molecular weight excluding hydrogens is 428 g/mol. The van der Waals surface area contributed by atoms with Crippen LogP contribution < -0.4 is 14.9 Å². The summed E-state index contributed by atoms with van der Waals surface area (Å²) < 4.78 is 22.7. The summed E-state index contributed by atoms with van der Waals surface area (Å²) in [4.78, 5) is 24.5. The Morgan fingerprint density at radius 2 is 1.93 bits per heavy atom. The van der Waals surface area contributed by atoms with Crippen LogP contribution in [0.4, 0.5) is 0 Å². The molecule has 146 valence electrons. The van der Waals surface area contributed by atoms with Crippen molar-refractivity contribution in [3.63, 3.8) is 0 Å². The van der Waals surface area contributed by atoms with Crippen LogP contribution in [0.25, 0.3) is 11.0 Å². The molecule has 0 bridgehead atoms. The van der Waals surface area contributed by atoms with Gasteiger partial charge < -0.3 is 18.6 Å². The molecule has 2 aromatic carbocycles. The standard InChI is InChI=1S/C21H19BrO6/c1-12(2)26-19(23)11-25-14-8-9-15-18(10-14)27-13(3)21(20(15)24)28-17-7-5-4-6-16(17)22/h4-10,12H,11H2,1-3H3. The normalized spacial score (nSPS) is 10.9. The molecular formula is C21H19BrO6. The number of rotatable bonds is 6. The molecule has 0 fully saturated rings. The first-order chi connectivity index (χ1) is 13.3. The second-order valence-corrected chi connectivity index (χ2v) is 7.19. The monoisotopic (exact) mass is 446 g/mol. The maximum atomic E-state index is 12.8. The van der Waals surface area contributed by atoms with Crippen LogP contribution in [0.15, 0.2) is 56.1 Å². The van der Waals surface area contributed by atoms with E-state index >= 15 is 0 Å². The number of esters is 1. The largest absolute Gasteiger partial charge is 0.482 e. The molecule has 1 heterocycles. The van der Waals surface area contributed by atoms with Crippen LogP contribution in [-0.2, 0) is 9.53 Å². The molecule has 0 saturated carbocycles. The lowest BCUT2D eigenvalue weighted by atomic mass is 10.2. The number of ether oxygens (including phenoxy) is 3. The van der Waals surface area contributed by atoms with Gasteiger partial charge in [0.15, 0.2) is 6.61 Å².